The van der Waals surface area contributed by atoms with E-state index in [9.17, 15) is 32.8 Å². The van der Waals surface area contributed by atoms with E-state index in [1.807, 2.05) is 0 Å². The van der Waals surface area contributed by atoms with Gasteiger partial charge in [-0.2, -0.15) is 0 Å². The van der Waals surface area contributed by atoms with Gasteiger partial charge in [-0.3, -0.25) is 4.79 Å². The van der Waals surface area contributed by atoms with Crippen LogP contribution in [0.2, 0.25) is 10.0 Å². The van der Waals surface area contributed by atoms with Gasteiger partial charge in [-0.1, -0.05) is 23.2 Å². The molecule has 0 unspecified atom stereocenters. The zero-order chi connectivity index (χ0) is 24.8. The number of carbonyl (C=O) groups excluding carboxylic acids is 2. The fraction of sp³-hybridized carbons (Fsp3) is 0.130. The summed E-state index contributed by atoms with van der Waals surface area (Å²) in [5, 5.41) is 21.3. The number of hydrogen-bond donors (Lipinski definition) is 1. The van der Waals surface area contributed by atoms with Crippen LogP contribution in [0.4, 0.5) is 0 Å². The molecule has 2 aromatic carbocycles. The molecule has 1 N–H and O–H groups in total. The number of rotatable bonds is 4. The summed E-state index contributed by atoms with van der Waals surface area (Å²) in [4.78, 5) is 23.2. The van der Waals surface area contributed by atoms with E-state index in [0.717, 1.165) is 12.1 Å². The number of phenols is 1. The van der Waals surface area contributed by atoms with Gasteiger partial charge in [0.05, 0.1) is 20.9 Å². The van der Waals surface area contributed by atoms with E-state index in [4.69, 9.17) is 23.2 Å². The molecule has 7 nitrogen and oxygen atoms in total. The SMILES string of the molecule is CC1=CC(=C(c2cc(C)c(O)c(C(=O)[O-])c2)c2c(Cl)ccc(S(=O)(=O)[O-])c2Cl)C=C(C)C1=O.[Na+].[Na+]. The van der Waals surface area contributed by atoms with E-state index in [0.29, 0.717) is 16.7 Å². The minimum absolute atomic E-state index is 0. The number of aromatic carboxylic acids is 1. The Kier molecular flexibility index (Phi) is 11.1. The smallest absolute Gasteiger partial charge is 0.744 e. The topological polar surface area (TPSA) is 135 Å². The van der Waals surface area contributed by atoms with Gasteiger partial charge in [-0.05, 0) is 90.6 Å². The Hall–Kier alpha value is -0.910. The maximum absolute atomic E-state index is 12.3. The number of benzene rings is 2. The van der Waals surface area contributed by atoms with Crippen LogP contribution in [0.25, 0.3) is 5.57 Å². The first-order chi connectivity index (χ1) is 15.2. The summed E-state index contributed by atoms with van der Waals surface area (Å²) in [7, 11) is -4.98. The molecule has 0 aliphatic heterocycles. The first-order valence-corrected chi connectivity index (χ1v) is 11.6. The normalized spacial score (nSPS) is 13.3. The molecule has 0 atom stereocenters. The largest absolute Gasteiger partial charge is 1.00 e. The second-order valence-corrected chi connectivity index (χ2v) is 9.61. The molecule has 0 saturated carbocycles. The number of hydrogen-bond acceptors (Lipinski definition) is 7. The second-order valence-electron chi connectivity index (χ2n) is 7.48. The molecule has 0 bridgehead atoms. The molecule has 0 fully saturated rings. The summed E-state index contributed by atoms with van der Waals surface area (Å²) in [6.07, 6.45) is 3.02. The standard InChI is InChI=1S/C23H18Cl2O7S.2Na/c1-10-6-13(7-11(2)21(10)26)18(14-8-12(3)22(27)15(9-14)23(28)29)19-16(24)4-5-17(20(19)25)33(30,31)32;;/h4-9,27H,1-3H3,(H,28,29)(H,30,31,32);;/q;2*+1/p-2. The molecule has 1 aliphatic rings. The molecule has 0 saturated heterocycles. The number of carbonyl (C=O) groups is 2. The average molecular weight is 553 g/mol. The zero-order valence-corrected chi connectivity index (χ0v) is 25.9. The molecule has 0 amide bonds. The van der Waals surface area contributed by atoms with Gasteiger partial charge in [-0.25, -0.2) is 8.42 Å². The van der Waals surface area contributed by atoms with Crippen LogP contribution in [0.15, 0.2) is 58.0 Å². The molecular formula is C23H16Cl2Na2O7S. The number of Topliss-reactive ketones (excluding diaryl/α,β-unsaturated/α-hetero) is 1. The Balaban J connectivity index is 0.00000306. The van der Waals surface area contributed by atoms with Crippen molar-refractivity contribution in [1.82, 2.24) is 0 Å². The maximum Gasteiger partial charge on any atom is 1.00 e. The van der Waals surface area contributed by atoms with Crippen LogP contribution >= 0.6 is 23.2 Å². The van der Waals surface area contributed by atoms with Gasteiger partial charge in [0.25, 0.3) is 0 Å². The first-order valence-electron chi connectivity index (χ1n) is 9.39. The van der Waals surface area contributed by atoms with Crippen molar-refractivity contribution in [2.45, 2.75) is 25.7 Å². The first kappa shape index (κ1) is 32.1. The van der Waals surface area contributed by atoms with Gasteiger partial charge in [0.2, 0.25) is 0 Å². The van der Waals surface area contributed by atoms with Crippen molar-refractivity contribution in [1.29, 1.82) is 0 Å². The minimum Gasteiger partial charge on any atom is -0.744 e. The van der Waals surface area contributed by atoms with Crippen molar-refractivity contribution in [3.63, 3.8) is 0 Å². The van der Waals surface area contributed by atoms with Crippen LogP contribution in [0.3, 0.4) is 0 Å². The molecule has 12 heteroatoms. The third-order valence-corrected chi connectivity index (χ3v) is 6.83. The summed E-state index contributed by atoms with van der Waals surface area (Å²) >= 11 is 12.7. The summed E-state index contributed by atoms with van der Waals surface area (Å²) in [5.74, 6) is -2.37. The monoisotopic (exact) mass is 552 g/mol. The fourth-order valence-electron chi connectivity index (χ4n) is 3.59. The Bertz CT molecular complexity index is 1420. The second kappa shape index (κ2) is 12.1. The van der Waals surface area contributed by atoms with Gasteiger partial charge >= 0.3 is 59.1 Å². The Morgan fingerprint density at radius 3 is 2.03 bits per heavy atom. The third-order valence-electron chi connectivity index (χ3n) is 5.13. The molecule has 0 spiro atoms. The van der Waals surface area contributed by atoms with Gasteiger partial charge in [-0.15, -0.1) is 0 Å². The number of carboxylic acids is 1. The number of halogens is 2. The molecule has 35 heavy (non-hydrogen) atoms. The van der Waals surface area contributed by atoms with Crippen LogP contribution < -0.4 is 64.2 Å². The molecule has 0 heterocycles. The molecule has 172 valence electrons. The van der Waals surface area contributed by atoms with E-state index in [2.05, 4.69) is 0 Å². The van der Waals surface area contributed by atoms with E-state index in [1.165, 1.54) is 31.2 Å². The Labute approximate surface area is 256 Å². The van der Waals surface area contributed by atoms with Crippen LogP contribution in [-0.4, -0.2) is 29.8 Å². The van der Waals surface area contributed by atoms with E-state index >= 15 is 0 Å². The van der Waals surface area contributed by atoms with Crippen LogP contribution in [-0.2, 0) is 14.9 Å². The van der Waals surface area contributed by atoms with Gasteiger partial charge in [0.15, 0.2) is 5.78 Å². The summed E-state index contributed by atoms with van der Waals surface area (Å²) in [6, 6.07) is 4.72. The Morgan fingerprint density at radius 1 is 1.00 bits per heavy atom. The van der Waals surface area contributed by atoms with Crippen molar-refractivity contribution in [3.8, 4) is 5.75 Å². The van der Waals surface area contributed by atoms with Crippen molar-refractivity contribution in [2.24, 2.45) is 0 Å². The van der Waals surface area contributed by atoms with E-state index in [1.54, 1.807) is 13.8 Å². The van der Waals surface area contributed by atoms with E-state index < -0.39 is 37.3 Å². The van der Waals surface area contributed by atoms with Crippen LogP contribution in [0, 0.1) is 6.92 Å². The molecule has 2 aromatic rings. The van der Waals surface area contributed by atoms with Crippen molar-refractivity contribution in [3.05, 3.63) is 85.4 Å². The van der Waals surface area contributed by atoms with Crippen LogP contribution in [0.1, 0.15) is 40.9 Å². The quantitative estimate of drug-likeness (QED) is 0.329. The molecule has 0 radical (unpaired) electrons. The van der Waals surface area contributed by atoms with E-state index in [-0.39, 0.29) is 92.2 Å². The summed E-state index contributed by atoms with van der Waals surface area (Å²) in [6.45, 7) is 4.61. The molecule has 1 aliphatic carbocycles. The average Bonchev–Trinajstić information content (AvgIpc) is 2.69. The van der Waals surface area contributed by atoms with Crippen molar-refractivity contribution < 1.29 is 91.9 Å². The zero-order valence-electron chi connectivity index (χ0n) is 19.5. The molecular weight excluding hydrogens is 537 g/mol. The number of aryl methyl sites for hydroxylation is 1. The van der Waals surface area contributed by atoms with Gasteiger partial charge in [0, 0.05) is 11.1 Å². The van der Waals surface area contributed by atoms with Crippen LogP contribution in [0.5, 0.6) is 5.75 Å². The van der Waals surface area contributed by atoms with Crippen molar-refractivity contribution >= 4 is 50.6 Å². The predicted octanol–water partition coefficient (Wildman–Crippen LogP) is -2.44. The maximum atomic E-state index is 12.3. The Morgan fingerprint density at radius 2 is 1.54 bits per heavy atom. The molecule has 3 rings (SSSR count). The number of ketones is 1. The number of allylic oxidation sites excluding steroid dienone is 5. The predicted molar refractivity (Wildman–Crippen MR) is 120 cm³/mol. The third kappa shape index (κ3) is 6.51. The minimum atomic E-state index is -4.98. The number of carboxylic acid groups (broad SMARTS) is 1. The van der Waals surface area contributed by atoms with Gasteiger partial charge < -0.3 is 19.6 Å². The molecule has 0 aromatic heterocycles. The van der Waals surface area contributed by atoms with Crippen molar-refractivity contribution in [2.75, 3.05) is 0 Å². The summed E-state index contributed by atoms with van der Waals surface area (Å²) in [5.41, 5.74) is 1.04. The van der Waals surface area contributed by atoms with Gasteiger partial charge in [0.1, 0.15) is 15.9 Å². The number of aromatic hydroxyl groups is 1. The fourth-order valence-corrected chi connectivity index (χ4v) is 4.98. The summed E-state index contributed by atoms with van der Waals surface area (Å²) < 4.78 is 35.3.